The number of carbonyl (C=O) groups is 2. The van der Waals surface area contributed by atoms with Crippen molar-refractivity contribution in [1.82, 2.24) is 5.32 Å². The minimum atomic E-state index is -0.893. The lowest BCUT2D eigenvalue weighted by molar-refractivity contribution is -0.138. The van der Waals surface area contributed by atoms with Crippen molar-refractivity contribution >= 4 is 11.9 Å². The lowest BCUT2D eigenvalue weighted by atomic mass is 9.86. The lowest BCUT2D eigenvalue weighted by Crippen LogP contribution is -2.41. The topological polar surface area (TPSA) is 92.4 Å². The quantitative estimate of drug-likeness (QED) is 0.643. The Hall–Kier alpha value is -1.10. The molecule has 1 amide bonds. The van der Waals surface area contributed by atoms with E-state index in [0.717, 1.165) is 0 Å². The highest BCUT2D eigenvalue weighted by molar-refractivity contribution is 5.79. The number of nitrogens with one attached hydrogen (secondary N) is 1. The van der Waals surface area contributed by atoms with Gasteiger partial charge >= 0.3 is 5.97 Å². The van der Waals surface area contributed by atoms with E-state index >= 15 is 0 Å². The van der Waals surface area contributed by atoms with E-state index in [9.17, 15) is 9.59 Å². The van der Waals surface area contributed by atoms with Crippen LogP contribution in [0.5, 0.6) is 0 Å². The van der Waals surface area contributed by atoms with Crippen molar-refractivity contribution in [2.75, 3.05) is 6.54 Å². The fraction of sp³-hybridized carbons (Fsp3) is 0.846. The third kappa shape index (κ3) is 8.06. The highest BCUT2D eigenvalue weighted by Crippen LogP contribution is 2.22. The Balaban J connectivity index is 4.48. The number of nitrogens with two attached hydrogens (primary N) is 1. The normalized spacial score (nSPS) is 14.9. The molecule has 2 unspecified atom stereocenters. The van der Waals surface area contributed by atoms with E-state index in [-0.39, 0.29) is 29.7 Å². The highest BCUT2D eigenvalue weighted by Gasteiger charge is 2.24. The molecule has 2 atom stereocenters. The second-order valence-electron chi connectivity index (χ2n) is 6.05. The second-order valence-corrected chi connectivity index (χ2v) is 6.05. The Morgan fingerprint density at radius 2 is 1.89 bits per heavy atom. The van der Waals surface area contributed by atoms with Crippen molar-refractivity contribution in [2.24, 2.45) is 17.1 Å². The molecule has 106 valence electrons. The van der Waals surface area contributed by atoms with Gasteiger partial charge in [-0.3, -0.25) is 9.59 Å². The van der Waals surface area contributed by atoms with Gasteiger partial charge in [0.15, 0.2) is 0 Å². The van der Waals surface area contributed by atoms with E-state index in [0.29, 0.717) is 19.4 Å². The van der Waals surface area contributed by atoms with Gasteiger partial charge in [0, 0.05) is 12.0 Å². The van der Waals surface area contributed by atoms with Gasteiger partial charge in [-0.15, -0.1) is 0 Å². The fourth-order valence-corrected chi connectivity index (χ4v) is 1.85. The van der Waals surface area contributed by atoms with Crippen molar-refractivity contribution in [3.05, 3.63) is 0 Å². The lowest BCUT2D eigenvalue weighted by Gasteiger charge is -2.26. The van der Waals surface area contributed by atoms with Gasteiger partial charge in [0.1, 0.15) is 0 Å². The Labute approximate surface area is 109 Å². The molecule has 0 saturated carbocycles. The number of hydrogen-bond donors (Lipinski definition) is 3. The number of carbonyl (C=O) groups excluding carboxylic acids is 1. The summed E-state index contributed by atoms with van der Waals surface area (Å²) in [6.45, 7) is 8.33. The Morgan fingerprint density at radius 1 is 1.33 bits per heavy atom. The standard InChI is InChI=1S/C13H26N2O3/c1-9(5-6-14)12(18)15-10(7-11(16)17)8-13(2,3)4/h9-10H,5-8,14H2,1-4H3,(H,15,18)(H,16,17). The van der Waals surface area contributed by atoms with E-state index in [1.54, 1.807) is 6.92 Å². The Morgan fingerprint density at radius 3 is 2.28 bits per heavy atom. The van der Waals surface area contributed by atoms with Crippen LogP contribution in [0, 0.1) is 11.3 Å². The minimum absolute atomic E-state index is 0.0233. The van der Waals surface area contributed by atoms with E-state index < -0.39 is 5.97 Å². The number of rotatable bonds is 7. The zero-order valence-corrected chi connectivity index (χ0v) is 11.8. The van der Waals surface area contributed by atoms with E-state index in [2.05, 4.69) is 5.32 Å². The summed E-state index contributed by atoms with van der Waals surface area (Å²) in [7, 11) is 0. The number of carboxylic acids is 1. The van der Waals surface area contributed by atoms with Crippen molar-refractivity contribution in [2.45, 2.75) is 53.0 Å². The molecule has 0 aliphatic rings. The van der Waals surface area contributed by atoms with Crippen LogP contribution in [-0.4, -0.2) is 29.6 Å². The van der Waals surface area contributed by atoms with Gasteiger partial charge in [0.2, 0.25) is 5.91 Å². The number of amides is 1. The third-order valence-electron chi connectivity index (χ3n) is 2.67. The van der Waals surface area contributed by atoms with E-state index in [1.807, 2.05) is 20.8 Å². The fourth-order valence-electron chi connectivity index (χ4n) is 1.85. The Bertz CT molecular complexity index is 284. The van der Waals surface area contributed by atoms with Crippen LogP contribution >= 0.6 is 0 Å². The van der Waals surface area contributed by atoms with Gasteiger partial charge in [-0.05, 0) is 24.8 Å². The first-order chi connectivity index (χ1) is 8.15. The predicted octanol–water partition coefficient (Wildman–Crippen LogP) is 1.37. The minimum Gasteiger partial charge on any atom is -0.481 e. The highest BCUT2D eigenvalue weighted by atomic mass is 16.4. The summed E-state index contributed by atoms with van der Waals surface area (Å²) in [5.41, 5.74) is 5.38. The molecular formula is C13H26N2O3. The number of carboxylic acid groups (broad SMARTS) is 1. The van der Waals surface area contributed by atoms with E-state index in [4.69, 9.17) is 10.8 Å². The summed E-state index contributed by atoms with van der Waals surface area (Å²) >= 11 is 0. The van der Waals surface area contributed by atoms with Gasteiger partial charge in [0.25, 0.3) is 0 Å². The molecule has 0 bridgehead atoms. The van der Waals surface area contributed by atoms with Gasteiger partial charge < -0.3 is 16.2 Å². The summed E-state index contributed by atoms with van der Waals surface area (Å²) in [5.74, 6) is -1.18. The smallest absolute Gasteiger partial charge is 0.305 e. The maximum absolute atomic E-state index is 11.9. The molecule has 0 aliphatic heterocycles. The zero-order chi connectivity index (χ0) is 14.3. The van der Waals surface area contributed by atoms with Crippen molar-refractivity contribution in [1.29, 1.82) is 0 Å². The molecule has 0 saturated heterocycles. The summed E-state index contributed by atoms with van der Waals surface area (Å²) in [6.07, 6.45) is 1.21. The van der Waals surface area contributed by atoms with Crippen LogP contribution in [-0.2, 0) is 9.59 Å². The molecule has 0 rings (SSSR count). The van der Waals surface area contributed by atoms with Crippen molar-refractivity contribution in [3.63, 3.8) is 0 Å². The molecule has 0 radical (unpaired) electrons. The van der Waals surface area contributed by atoms with E-state index in [1.165, 1.54) is 0 Å². The van der Waals surface area contributed by atoms with Crippen molar-refractivity contribution < 1.29 is 14.7 Å². The molecule has 18 heavy (non-hydrogen) atoms. The maximum atomic E-state index is 11.9. The van der Waals surface area contributed by atoms with Crippen LogP contribution in [0.2, 0.25) is 0 Å². The zero-order valence-electron chi connectivity index (χ0n) is 11.8. The van der Waals surface area contributed by atoms with Crippen LogP contribution in [0.3, 0.4) is 0 Å². The molecule has 4 N–H and O–H groups in total. The molecule has 0 aromatic rings. The first-order valence-corrected chi connectivity index (χ1v) is 6.38. The maximum Gasteiger partial charge on any atom is 0.305 e. The van der Waals surface area contributed by atoms with Crippen LogP contribution in [0.1, 0.15) is 47.0 Å². The monoisotopic (exact) mass is 258 g/mol. The molecule has 0 aromatic heterocycles. The molecular weight excluding hydrogens is 232 g/mol. The SMILES string of the molecule is CC(CCN)C(=O)NC(CC(=O)O)CC(C)(C)C. The first-order valence-electron chi connectivity index (χ1n) is 6.38. The number of hydrogen-bond acceptors (Lipinski definition) is 3. The van der Waals surface area contributed by atoms with Crippen LogP contribution in [0.15, 0.2) is 0 Å². The third-order valence-corrected chi connectivity index (χ3v) is 2.67. The van der Waals surface area contributed by atoms with Gasteiger partial charge in [-0.25, -0.2) is 0 Å². The summed E-state index contributed by atoms with van der Waals surface area (Å²) in [6, 6.07) is -0.324. The average molecular weight is 258 g/mol. The van der Waals surface area contributed by atoms with Gasteiger partial charge in [0.05, 0.1) is 6.42 Å². The average Bonchev–Trinajstić information content (AvgIpc) is 2.13. The van der Waals surface area contributed by atoms with Crippen molar-refractivity contribution in [3.8, 4) is 0 Å². The molecule has 0 spiro atoms. The Kier molecular flexibility index (Phi) is 6.91. The van der Waals surface area contributed by atoms with Crippen LogP contribution in [0.25, 0.3) is 0 Å². The molecule has 5 heteroatoms. The van der Waals surface area contributed by atoms with Gasteiger partial charge in [-0.2, -0.15) is 0 Å². The predicted molar refractivity (Wildman–Crippen MR) is 71.1 cm³/mol. The second kappa shape index (κ2) is 7.36. The summed E-state index contributed by atoms with van der Waals surface area (Å²) in [5, 5.41) is 11.7. The first kappa shape index (κ1) is 16.9. The molecule has 5 nitrogen and oxygen atoms in total. The largest absolute Gasteiger partial charge is 0.481 e. The number of aliphatic carboxylic acids is 1. The summed E-state index contributed by atoms with van der Waals surface area (Å²) < 4.78 is 0. The summed E-state index contributed by atoms with van der Waals surface area (Å²) in [4.78, 5) is 22.7. The molecule has 0 fully saturated rings. The molecule has 0 aromatic carbocycles. The molecule has 0 heterocycles. The van der Waals surface area contributed by atoms with Crippen LogP contribution in [0.4, 0.5) is 0 Å². The molecule has 0 aliphatic carbocycles. The van der Waals surface area contributed by atoms with Crippen LogP contribution < -0.4 is 11.1 Å². The van der Waals surface area contributed by atoms with Gasteiger partial charge in [-0.1, -0.05) is 27.7 Å².